The van der Waals surface area contributed by atoms with Gasteiger partial charge in [-0.25, -0.2) is 0 Å². The molecule has 26 heavy (non-hydrogen) atoms. The molecular formula is C18H25N2O5P. The van der Waals surface area contributed by atoms with E-state index in [-0.39, 0.29) is 5.78 Å². The van der Waals surface area contributed by atoms with Gasteiger partial charge in [0.1, 0.15) is 5.78 Å². The van der Waals surface area contributed by atoms with Gasteiger partial charge >= 0.3 is 7.60 Å². The highest BCUT2D eigenvalue weighted by molar-refractivity contribution is 7.54. The fourth-order valence-corrected chi connectivity index (χ4v) is 5.45. The van der Waals surface area contributed by atoms with Gasteiger partial charge < -0.3 is 13.6 Å². The van der Waals surface area contributed by atoms with Crippen molar-refractivity contribution in [2.45, 2.75) is 39.2 Å². The number of Topliss-reactive ketones (excluding diaryl/α,β-unsaturated/α-hetero) is 1. The van der Waals surface area contributed by atoms with Gasteiger partial charge in [0.05, 0.1) is 18.7 Å². The van der Waals surface area contributed by atoms with Crippen LogP contribution >= 0.6 is 7.60 Å². The van der Waals surface area contributed by atoms with E-state index in [0.29, 0.717) is 25.2 Å². The first kappa shape index (κ1) is 19.3. The molecule has 0 aliphatic carbocycles. The third kappa shape index (κ3) is 3.38. The Morgan fingerprint density at radius 2 is 1.92 bits per heavy atom. The molecule has 1 aliphatic heterocycles. The predicted octanol–water partition coefficient (Wildman–Crippen LogP) is 4.20. The average molecular weight is 380 g/mol. The summed E-state index contributed by atoms with van der Waals surface area (Å²) in [6.45, 7) is 5.73. The van der Waals surface area contributed by atoms with E-state index >= 15 is 0 Å². The number of hydrogen-bond donors (Lipinski definition) is 0. The molecule has 0 spiro atoms. The zero-order valence-electron chi connectivity index (χ0n) is 15.5. The van der Waals surface area contributed by atoms with Gasteiger partial charge in [-0.05, 0) is 26.8 Å². The largest absolute Gasteiger partial charge is 0.350 e. The van der Waals surface area contributed by atoms with Crippen molar-refractivity contribution in [1.29, 1.82) is 0 Å². The summed E-state index contributed by atoms with van der Waals surface area (Å²) in [5, 5.41) is 2.44. The lowest BCUT2D eigenvalue weighted by atomic mass is 10.1. The lowest BCUT2D eigenvalue weighted by molar-refractivity contribution is -0.157. The number of carbonyl (C=O) groups excluding carboxylic acids is 1. The summed E-state index contributed by atoms with van der Waals surface area (Å²) in [4.78, 5) is 17.9. The summed E-state index contributed by atoms with van der Waals surface area (Å²) in [6.07, 6.45) is 1.85. The lowest BCUT2D eigenvalue weighted by Crippen LogP contribution is -2.25. The van der Waals surface area contributed by atoms with Crippen molar-refractivity contribution in [3.05, 3.63) is 36.0 Å². The molecule has 0 N–H and O–H groups in total. The van der Waals surface area contributed by atoms with Gasteiger partial charge in [-0.2, -0.15) is 5.06 Å². The van der Waals surface area contributed by atoms with Crippen LogP contribution in [0.4, 0.5) is 0 Å². The maximum absolute atomic E-state index is 13.2. The first-order chi connectivity index (χ1) is 12.4. The van der Waals surface area contributed by atoms with Gasteiger partial charge in [-0.15, -0.1) is 0 Å². The third-order valence-corrected chi connectivity index (χ3v) is 7.04. The van der Waals surface area contributed by atoms with E-state index in [0.717, 1.165) is 10.9 Å². The number of carbonyl (C=O) groups is 1. The van der Waals surface area contributed by atoms with Crippen molar-refractivity contribution in [3.8, 4) is 0 Å². The summed E-state index contributed by atoms with van der Waals surface area (Å²) in [6, 6.07) is 7.69. The summed E-state index contributed by atoms with van der Waals surface area (Å²) < 4.78 is 26.0. The van der Waals surface area contributed by atoms with Crippen molar-refractivity contribution in [2.24, 2.45) is 0 Å². The van der Waals surface area contributed by atoms with Crippen LogP contribution in [0.25, 0.3) is 10.9 Å². The van der Waals surface area contributed by atoms with Crippen LogP contribution in [-0.4, -0.2) is 41.5 Å². The van der Waals surface area contributed by atoms with Gasteiger partial charge in [0.2, 0.25) is 0 Å². The van der Waals surface area contributed by atoms with Gasteiger partial charge in [0.15, 0.2) is 12.0 Å². The first-order valence-corrected chi connectivity index (χ1v) is 10.4. The minimum absolute atomic E-state index is 0.00263. The molecule has 1 aromatic heterocycles. The number of ketones is 1. The van der Waals surface area contributed by atoms with Crippen LogP contribution in [-0.2, 0) is 18.5 Å². The topological polar surface area (TPSA) is 70.0 Å². The van der Waals surface area contributed by atoms with E-state index in [1.807, 2.05) is 28.8 Å². The minimum Gasteiger partial charge on any atom is -0.319 e. The fourth-order valence-electron chi connectivity index (χ4n) is 3.42. The normalized spacial score (nSPS) is 21.5. The highest BCUT2D eigenvalue weighted by atomic mass is 31.2. The SMILES string of the molecule is CCOP(=O)(OCC)[C@H]1C[C@@H](n2cc(C(C)=O)c3ccccc32)ON1C. The third-order valence-electron chi connectivity index (χ3n) is 4.53. The zero-order chi connectivity index (χ0) is 18.9. The Morgan fingerprint density at radius 1 is 1.27 bits per heavy atom. The molecule has 0 saturated carbocycles. The Balaban J connectivity index is 1.96. The molecule has 142 valence electrons. The summed E-state index contributed by atoms with van der Waals surface area (Å²) in [5.74, 6) is -0.508. The van der Waals surface area contributed by atoms with Crippen LogP contribution in [0, 0.1) is 0 Å². The van der Waals surface area contributed by atoms with Crippen molar-refractivity contribution < 1.29 is 23.2 Å². The van der Waals surface area contributed by atoms with E-state index in [4.69, 9.17) is 13.9 Å². The van der Waals surface area contributed by atoms with Crippen LogP contribution in [0.15, 0.2) is 30.5 Å². The number of rotatable bonds is 7. The molecule has 7 nitrogen and oxygen atoms in total. The number of hydroxylamine groups is 2. The average Bonchev–Trinajstić information content (AvgIpc) is 3.16. The Labute approximate surface area is 153 Å². The minimum atomic E-state index is -3.33. The van der Waals surface area contributed by atoms with Gasteiger partial charge in [0, 0.05) is 30.6 Å². The number of fused-ring (bicyclic) bond motifs is 1. The number of benzene rings is 1. The Morgan fingerprint density at radius 3 is 2.54 bits per heavy atom. The molecule has 1 fully saturated rings. The van der Waals surface area contributed by atoms with Crippen LogP contribution in [0.3, 0.4) is 0 Å². The molecule has 1 aromatic carbocycles. The Hall–Kier alpha value is -1.50. The number of nitrogens with zero attached hydrogens (tertiary/aromatic N) is 2. The van der Waals surface area contributed by atoms with E-state index in [1.165, 1.54) is 0 Å². The monoisotopic (exact) mass is 380 g/mol. The van der Waals surface area contributed by atoms with Crippen molar-refractivity contribution in [3.63, 3.8) is 0 Å². The molecule has 3 rings (SSSR count). The Bertz CT molecular complexity index is 839. The second-order valence-electron chi connectivity index (χ2n) is 6.22. The Kier molecular flexibility index (Phi) is 5.65. The quantitative estimate of drug-likeness (QED) is 0.530. The van der Waals surface area contributed by atoms with Crippen LogP contribution in [0.5, 0.6) is 0 Å². The van der Waals surface area contributed by atoms with E-state index in [9.17, 15) is 9.36 Å². The zero-order valence-corrected chi connectivity index (χ0v) is 16.4. The summed E-state index contributed by atoms with van der Waals surface area (Å²) in [5.41, 5.74) is 1.55. The lowest BCUT2D eigenvalue weighted by Gasteiger charge is -2.25. The molecular weight excluding hydrogens is 355 g/mol. The molecule has 1 saturated heterocycles. The molecule has 0 radical (unpaired) electrons. The maximum atomic E-state index is 13.2. The smallest absolute Gasteiger partial charge is 0.319 e. The highest BCUT2D eigenvalue weighted by Crippen LogP contribution is 2.58. The number of para-hydroxylation sites is 1. The summed E-state index contributed by atoms with van der Waals surface area (Å²) in [7, 11) is -1.60. The standard InChI is InChI=1S/C18H25N2O5P/c1-5-23-26(22,24-6-2)18-11-17(25-19(18)4)20-12-15(13(3)21)14-9-7-8-10-16(14)20/h7-10,12,17-18H,5-6,11H2,1-4H3/t17-,18-/m0/s1. The molecule has 2 heterocycles. The van der Waals surface area contributed by atoms with Crippen LogP contribution < -0.4 is 0 Å². The van der Waals surface area contributed by atoms with Gasteiger partial charge in [-0.3, -0.25) is 14.2 Å². The number of hydrogen-bond acceptors (Lipinski definition) is 6. The molecule has 0 bridgehead atoms. The molecule has 2 aromatic rings. The van der Waals surface area contributed by atoms with E-state index in [1.54, 1.807) is 39.1 Å². The fraction of sp³-hybridized carbons (Fsp3) is 0.500. The van der Waals surface area contributed by atoms with E-state index < -0.39 is 19.6 Å². The van der Waals surface area contributed by atoms with Crippen molar-refractivity contribution in [1.82, 2.24) is 9.63 Å². The van der Waals surface area contributed by atoms with Gasteiger partial charge in [0.25, 0.3) is 0 Å². The molecule has 0 amide bonds. The number of aromatic nitrogens is 1. The van der Waals surface area contributed by atoms with Crippen molar-refractivity contribution in [2.75, 3.05) is 20.3 Å². The first-order valence-electron chi connectivity index (χ1n) is 8.80. The second kappa shape index (κ2) is 7.62. The predicted molar refractivity (Wildman–Crippen MR) is 99.1 cm³/mol. The molecule has 0 unspecified atom stereocenters. The van der Waals surface area contributed by atoms with Crippen molar-refractivity contribution >= 4 is 24.3 Å². The second-order valence-corrected chi connectivity index (χ2v) is 8.41. The van der Waals surface area contributed by atoms with Crippen LogP contribution in [0.1, 0.15) is 43.8 Å². The molecule has 2 atom stereocenters. The molecule has 8 heteroatoms. The summed E-state index contributed by atoms with van der Waals surface area (Å²) >= 11 is 0. The van der Waals surface area contributed by atoms with Gasteiger partial charge in [-0.1, -0.05) is 18.2 Å². The maximum Gasteiger partial charge on any atom is 0.350 e. The molecule has 1 aliphatic rings. The highest BCUT2D eigenvalue weighted by Gasteiger charge is 2.46. The van der Waals surface area contributed by atoms with E-state index in [2.05, 4.69) is 0 Å². The van der Waals surface area contributed by atoms with Crippen LogP contribution in [0.2, 0.25) is 0 Å².